The molecule has 0 aromatic heterocycles. The Morgan fingerprint density at radius 2 is 1.88 bits per heavy atom. The van der Waals surface area contributed by atoms with Gasteiger partial charge >= 0.3 is 0 Å². The van der Waals surface area contributed by atoms with Crippen molar-refractivity contribution in [1.82, 2.24) is 0 Å². The predicted molar refractivity (Wildman–Crippen MR) is 72.0 cm³/mol. The highest BCUT2D eigenvalue weighted by atomic mass is 35.5. The molecular weight excluding hydrogens is 240 g/mol. The molecule has 1 aromatic rings. The fourth-order valence-electron chi connectivity index (χ4n) is 2.01. The molecule has 1 aliphatic carbocycles. The molecule has 0 unspecified atom stereocenters. The quantitative estimate of drug-likeness (QED) is 0.799. The van der Waals surface area contributed by atoms with Crippen molar-refractivity contribution in [2.45, 2.75) is 41.9 Å². The lowest BCUT2D eigenvalue weighted by atomic mass is 9.96. The van der Waals surface area contributed by atoms with E-state index in [4.69, 9.17) is 23.1 Å². The zero-order valence-electron chi connectivity index (χ0n) is 9.16. The fraction of sp³-hybridized carbons (Fsp3) is 0.500. The molecule has 0 heterocycles. The predicted octanol–water partition coefficient (Wildman–Crippen LogP) is 3.28. The van der Waals surface area contributed by atoms with Gasteiger partial charge in [0, 0.05) is 26.9 Å². The van der Waals surface area contributed by atoms with Gasteiger partial charge < -0.3 is 11.5 Å². The van der Waals surface area contributed by atoms with Crippen molar-refractivity contribution in [3.63, 3.8) is 0 Å². The van der Waals surface area contributed by atoms with Gasteiger partial charge in [0.15, 0.2) is 0 Å². The van der Waals surface area contributed by atoms with Gasteiger partial charge in [-0.1, -0.05) is 11.6 Å². The monoisotopic (exact) mass is 256 g/mol. The maximum atomic E-state index is 5.94. The summed E-state index contributed by atoms with van der Waals surface area (Å²) in [5.41, 5.74) is 12.6. The van der Waals surface area contributed by atoms with Crippen LogP contribution in [0, 0.1) is 0 Å². The van der Waals surface area contributed by atoms with Crippen molar-refractivity contribution in [2.24, 2.45) is 5.73 Å². The molecule has 2 rings (SSSR count). The summed E-state index contributed by atoms with van der Waals surface area (Å²) in [5.74, 6) is 0. The number of halogens is 1. The lowest BCUT2D eigenvalue weighted by molar-refractivity contribution is 0.451. The van der Waals surface area contributed by atoms with Gasteiger partial charge in [0.2, 0.25) is 0 Å². The Hall–Kier alpha value is -0.380. The average molecular weight is 257 g/mol. The van der Waals surface area contributed by atoms with Crippen molar-refractivity contribution in [3.8, 4) is 0 Å². The lowest BCUT2D eigenvalue weighted by Crippen LogP contribution is -2.27. The molecule has 1 aliphatic rings. The second-order valence-corrected chi connectivity index (χ2v) is 6.12. The Balaban J connectivity index is 1.98. The third-order valence-electron chi connectivity index (χ3n) is 2.98. The number of nitrogen functional groups attached to an aromatic ring is 1. The molecule has 0 amide bonds. The number of benzene rings is 1. The first-order chi connectivity index (χ1) is 7.65. The summed E-state index contributed by atoms with van der Waals surface area (Å²) in [7, 11) is 0. The summed E-state index contributed by atoms with van der Waals surface area (Å²) in [5, 5.41) is 1.36. The van der Waals surface area contributed by atoms with Crippen LogP contribution < -0.4 is 11.5 Å². The Kier molecular flexibility index (Phi) is 4.00. The SMILES string of the molecule is Nc1cc(Cl)ccc1SC1CCC(N)CC1. The van der Waals surface area contributed by atoms with E-state index in [-0.39, 0.29) is 0 Å². The third kappa shape index (κ3) is 3.06. The van der Waals surface area contributed by atoms with E-state index in [1.54, 1.807) is 0 Å². The summed E-state index contributed by atoms with van der Waals surface area (Å²) < 4.78 is 0. The number of thioether (sulfide) groups is 1. The van der Waals surface area contributed by atoms with Crippen LogP contribution in [-0.4, -0.2) is 11.3 Å². The van der Waals surface area contributed by atoms with Crippen LogP contribution in [0.1, 0.15) is 25.7 Å². The average Bonchev–Trinajstić information content (AvgIpc) is 2.25. The lowest BCUT2D eigenvalue weighted by Gasteiger charge is -2.25. The van der Waals surface area contributed by atoms with E-state index in [9.17, 15) is 0 Å². The molecule has 1 aromatic carbocycles. The van der Waals surface area contributed by atoms with E-state index in [0.29, 0.717) is 16.3 Å². The van der Waals surface area contributed by atoms with Crippen LogP contribution >= 0.6 is 23.4 Å². The molecule has 88 valence electrons. The number of nitrogens with two attached hydrogens (primary N) is 2. The van der Waals surface area contributed by atoms with E-state index in [1.165, 1.54) is 12.8 Å². The number of hydrogen-bond acceptors (Lipinski definition) is 3. The van der Waals surface area contributed by atoms with Crippen molar-refractivity contribution < 1.29 is 0 Å². The van der Waals surface area contributed by atoms with Gasteiger partial charge in [-0.2, -0.15) is 0 Å². The van der Waals surface area contributed by atoms with Crippen LogP contribution in [0.5, 0.6) is 0 Å². The molecular formula is C12H17ClN2S. The molecule has 0 atom stereocenters. The van der Waals surface area contributed by atoms with Crippen molar-refractivity contribution in [2.75, 3.05) is 5.73 Å². The summed E-state index contributed by atoms with van der Waals surface area (Å²) >= 11 is 7.74. The molecule has 0 spiro atoms. The minimum absolute atomic E-state index is 0.402. The zero-order chi connectivity index (χ0) is 11.5. The van der Waals surface area contributed by atoms with Gasteiger partial charge in [-0.05, 0) is 43.9 Å². The Labute approximate surface area is 106 Å². The standard InChI is InChI=1S/C12H17ClN2S/c13-8-1-6-12(11(15)7-8)16-10-4-2-9(14)3-5-10/h1,6-7,9-10H,2-5,14-15H2. The molecule has 1 saturated carbocycles. The first-order valence-electron chi connectivity index (χ1n) is 5.62. The van der Waals surface area contributed by atoms with E-state index in [1.807, 2.05) is 30.0 Å². The highest BCUT2D eigenvalue weighted by Gasteiger charge is 2.19. The summed E-state index contributed by atoms with van der Waals surface area (Å²) in [6.45, 7) is 0. The Morgan fingerprint density at radius 3 is 2.50 bits per heavy atom. The van der Waals surface area contributed by atoms with Crippen molar-refractivity contribution in [3.05, 3.63) is 23.2 Å². The van der Waals surface area contributed by atoms with Gasteiger partial charge in [0.25, 0.3) is 0 Å². The largest absolute Gasteiger partial charge is 0.398 e. The third-order valence-corrected chi connectivity index (χ3v) is 4.65. The minimum Gasteiger partial charge on any atom is -0.398 e. The van der Waals surface area contributed by atoms with Gasteiger partial charge in [-0.15, -0.1) is 11.8 Å². The van der Waals surface area contributed by atoms with Crippen LogP contribution in [0.15, 0.2) is 23.1 Å². The molecule has 1 fully saturated rings. The van der Waals surface area contributed by atoms with Crippen LogP contribution in [-0.2, 0) is 0 Å². The topological polar surface area (TPSA) is 52.0 Å². The van der Waals surface area contributed by atoms with Crippen molar-refractivity contribution in [1.29, 1.82) is 0 Å². The molecule has 16 heavy (non-hydrogen) atoms. The second-order valence-electron chi connectivity index (χ2n) is 4.34. The van der Waals surface area contributed by atoms with E-state index in [0.717, 1.165) is 23.4 Å². The molecule has 4 N–H and O–H groups in total. The van der Waals surface area contributed by atoms with E-state index >= 15 is 0 Å². The molecule has 0 radical (unpaired) electrons. The van der Waals surface area contributed by atoms with Crippen molar-refractivity contribution >= 4 is 29.1 Å². The van der Waals surface area contributed by atoms with Crippen LogP contribution in [0.2, 0.25) is 5.02 Å². The fourth-order valence-corrected chi connectivity index (χ4v) is 3.40. The summed E-state index contributed by atoms with van der Waals surface area (Å²) in [6, 6.07) is 6.13. The maximum absolute atomic E-state index is 5.94. The van der Waals surface area contributed by atoms with Crippen LogP contribution in [0.3, 0.4) is 0 Å². The maximum Gasteiger partial charge on any atom is 0.0467 e. The molecule has 4 heteroatoms. The molecule has 2 nitrogen and oxygen atoms in total. The molecule has 0 aliphatic heterocycles. The Morgan fingerprint density at radius 1 is 1.19 bits per heavy atom. The minimum atomic E-state index is 0.402. The number of hydrogen-bond donors (Lipinski definition) is 2. The smallest absolute Gasteiger partial charge is 0.0467 e. The van der Waals surface area contributed by atoms with Gasteiger partial charge in [-0.25, -0.2) is 0 Å². The van der Waals surface area contributed by atoms with Gasteiger partial charge in [-0.3, -0.25) is 0 Å². The Bertz CT molecular complexity index is 362. The second kappa shape index (κ2) is 5.30. The number of anilines is 1. The molecule has 0 bridgehead atoms. The van der Waals surface area contributed by atoms with E-state index < -0.39 is 0 Å². The summed E-state index contributed by atoms with van der Waals surface area (Å²) in [4.78, 5) is 1.14. The highest BCUT2D eigenvalue weighted by molar-refractivity contribution is 8.00. The first kappa shape index (κ1) is 12.1. The zero-order valence-corrected chi connectivity index (χ0v) is 10.7. The number of rotatable bonds is 2. The molecule has 0 saturated heterocycles. The van der Waals surface area contributed by atoms with Crippen LogP contribution in [0.25, 0.3) is 0 Å². The van der Waals surface area contributed by atoms with Gasteiger partial charge in [0.1, 0.15) is 0 Å². The summed E-state index contributed by atoms with van der Waals surface area (Å²) in [6.07, 6.45) is 4.64. The van der Waals surface area contributed by atoms with E-state index in [2.05, 4.69) is 0 Å². The van der Waals surface area contributed by atoms with Crippen LogP contribution in [0.4, 0.5) is 5.69 Å². The highest BCUT2D eigenvalue weighted by Crippen LogP contribution is 2.36. The van der Waals surface area contributed by atoms with Gasteiger partial charge in [0.05, 0.1) is 0 Å². The normalized spacial score (nSPS) is 25.6. The first-order valence-corrected chi connectivity index (χ1v) is 6.88.